The van der Waals surface area contributed by atoms with Crippen molar-refractivity contribution in [2.24, 2.45) is 0 Å². The second-order valence-corrected chi connectivity index (χ2v) is 6.76. The van der Waals surface area contributed by atoms with Crippen molar-refractivity contribution >= 4 is 17.2 Å². The summed E-state index contributed by atoms with van der Waals surface area (Å²) in [6, 6.07) is 9.66. The summed E-state index contributed by atoms with van der Waals surface area (Å²) in [5.74, 6) is 0.0625. The van der Waals surface area contributed by atoms with Gasteiger partial charge >= 0.3 is 0 Å². The van der Waals surface area contributed by atoms with Crippen LogP contribution in [0.15, 0.2) is 41.8 Å². The molecule has 1 aromatic heterocycles. The van der Waals surface area contributed by atoms with Gasteiger partial charge in [0.25, 0.3) is 5.91 Å². The zero-order valence-electron chi connectivity index (χ0n) is 13.3. The second kappa shape index (κ2) is 8.26. The molecule has 2 aromatic rings. The number of carbonyl (C=O) groups excluding carboxylic acids is 1. The molecule has 2 heterocycles. The maximum Gasteiger partial charge on any atom is 0.260 e. The number of benzene rings is 1. The van der Waals surface area contributed by atoms with Gasteiger partial charge in [0.05, 0.1) is 12.6 Å². The van der Waals surface area contributed by atoms with Gasteiger partial charge in [-0.1, -0.05) is 6.07 Å². The van der Waals surface area contributed by atoms with E-state index < -0.39 is 0 Å². The molecule has 1 fully saturated rings. The Balaban J connectivity index is 1.59. The number of thiophene rings is 1. The fourth-order valence-electron chi connectivity index (χ4n) is 2.65. The monoisotopic (exact) mass is 349 g/mol. The van der Waals surface area contributed by atoms with Crippen molar-refractivity contribution in [1.82, 2.24) is 4.90 Å². The van der Waals surface area contributed by atoms with Crippen molar-refractivity contribution < 1.29 is 18.7 Å². The van der Waals surface area contributed by atoms with Crippen molar-refractivity contribution in [3.8, 4) is 5.75 Å². The van der Waals surface area contributed by atoms with Crippen LogP contribution in [0.2, 0.25) is 0 Å². The van der Waals surface area contributed by atoms with Gasteiger partial charge < -0.3 is 14.4 Å². The molecule has 1 saturated heterocycles. The van der Waals surface area contributed by atoms with E-state index in [2.05, 4.69) is 0 Å². The molecule has 0 bridgehead atoms. The third kappa shape index (κ3) is 4.79. The van der Waals surface area contributed by atoms with E-state index in [0.717, 1.165) is 24.3 Å². The summed E-state index contributed by atoms with van der Waals surface area (Å²) < 4.78 is 24.1. The predicted molar refractivity (Wildman–Crippen MR) is 90.6 cm³/mol. The van der Waals surface area contributed by atoms with E-state index in [0.29, 0.717) is 18.8 Å². The minimum absolute atomic E-state index is 0.0657. The maximum atomic E-state index is 12.9. The summed E-state index contributed by atoms with van der Waals surface area (Å²) in [5.41, 5.74) is 0. The summed E-state index contributed by atoms with van der Waals surface area (Å²) in [4.78, 5) is 15.5. The van der Waals surface area contributed by atoms with Crippen LogP contribution in [-0.2, 0) is 16.1 Å². The Bertz CT molecular complexity index is 639. The molecule has 1 amide bonds. The molecule has 1 aliphatic rings. The van der Waals surface area contributed by atoms with Gasteiger partial charge in [0.2, 0.25) is 0 Å². The van der Waals surface area contributed by atoms with Crippen molar-refractivity contribution in [1.29, 1.82) is 0 Å². The average Bonchev–Trinajstić information content (AvgIpc) is 3.27. The maximum absolute atomic E-state index is 12.9. The van der Waals surface area contributed by atoms with Crippen LogP contribution in [0.25, 0.3) is 0 Å². The number of hydrogen-bond acceptors (Lipinski definition) is 4. The fourth-order valence-corrected chi connectivity index (χ4v) is 3.37. The van der Waals surface area contributed by atoms with Crippen LogP contribution < -0.4 is 4.74 Å². The Morgan fingerprint density at radius 1 is 1.33 bits per heavy atom. The highest BCUT2D eigenvalue weighted by molar-refractivity contribution is 7.09. The Morgan fingerprint density at radius 2 is 2.17 bits per heavy atom. The van der Waals surface area contributed by atoms with Gasteiger partial charge in [-0.15, -0.1) is 11.3 Å². The molecule has 0 saturated carbocycles. The lowest BCUT2D eigenvalue weighted by Gasteiger charge is -2.25. The van der Waals surface area contributed by atoms with E-state index in [1.165, 1.54) is 24.3 Å². The minimum Gasteiger partial charge on any atom is -0.484 e. The van der Waals surface area contributed by atoms with Crippen molar-refractivity contribution in [2.45, 2.75) is 25.5 Å². The van der Waals surface area contributed by atoms with Crippen molar-refractivity contribution in [3.05, 3.63) is 52.5 Å². The van der Waals surface area contributed by atoms with E-state index in [-0.39, 0.29) is 24.4 Å². The zero-order chi connectivity index (χ0) is 16.8. The Hall–Kier alpha value is -1.92. The first-order valence-electron chi connectivity index (χ1n) is 8.01. The summed E-state index contributed by atoms with van der Waals surface area (Å²) in [5, 5.41) is 2.00. The molecule has 128 valence electrons. The second-order valence-electron chi connectivity index (χ2n) is 5.73. The molecular weight excluding hydrogens is 329 g/mol. The molecule has 24 heavy (non-hydrogen) atoms. The van der Waals surface area contributed by atoms with Crippen LogP contribution in [0.1, 0.15) is 17.7 Å². The Morgan fingerprint density at radius 3 is 2.83 bits per heavy atom. The molecule has 0 spiro atoms. The summed E-state index contributed by atoms with van der Waals surface area (Å²) in [6.07, 6.45) is 2.12. The quantitative estimate of drug-likeness (QED) is 0.768. The Labute approximate surface area is 144 Å². The van der Waals surface area contributed by atoms with E-state index in [1.54, 1.807) is 16.2 Å². The molecule has 6 heteroatoms. The summed E-state index contributed by atoms with van der Waals surface area (Å²) >= 11 is 1.63. The lowest BCUT2D eigenvalue weighted by molar-refractivity contribution is -0.135. The molecule has 1 unspecified atom stereocenters. The van der Waals surface area contributed by atoms with Gasteiger partial charge in [0, 0.05) is 18.0 Å². The molecule has 0 aliphatic carbocycles. The highest BCUT2D eigenvalue weighted by Gasteiger charge is 2.23. The molecule has 3 rings (SSSR count). The molecule has 4 nitrogen and oxygen atoms in total. The van der Waals surface area contributed by atoms with E-state index in [9.17, 15) is 9.18 Å². The minimum atomic E-state index is -0.327. The van der Waals surface area contributed by atoms with Crippen molar-refractivity contribution in [2.75, 3.05) is 19.8 Å². The van der Waals surface area contributed by atoms with Crippen LogP contribution in [-0.4, -0.2) is 36.7 Å². The number of carbonyl (C=O) groups is 1. The molecule has 0 radical (unpaired) electrons. The third-order valence-corrected chi connectivity index (χ3v) is 4.76. The van der Waals surface area contributed by atoms with Gasteiger partial charge in [-0.2, -0.15) is 0 Å². The average molecular weight is 349 g/mol. The third-order valence-electron chi connectivity index (χ3n) is 3.90. The summed E-state index contributed by atoms with van der Waals surface area (Å²) in [6.45, 7) is 1.83. The zero-order valence-corrected chi connectivity index (χ0v) is 14.1. The van der Waals surface area contributed by atoms with Gasteiger partial charge in [-0.3, -0.25) is 4.79 Å². The van der Waals surface area contributed by atoms with Gasteiger partial charge in [-0.25, -0.2) is 4.39 Å². The van der Waals surface area contributed by atoms with Crippen LogP contribution in [0.3, 0.4) is 0 Å². The normalized spacial score (nSPS) is 17.0. The number of nitrogens with zero attached hydrogens (tertiary/aromatic N) is 1. The van der Waals surface area contributed by atoms with Crippen LogP contribution in [0.5, 0.6) is 5.75 Å². The number of ether oxygens (including phenoxy) is 2. The first-order valence-corrected chi connectivity index (χ1v) is 8.89. The smallest absolute Gasteiger partial charge is 0.260 e. The van der Waals surface area contributed by atoms with E-state index in [4.69, 9.17) is 9.47 Å². The van der Waals surface area contributed by atoms with E-state index >= 15 is 0 Å². The van der Waals surface area contributed by atoms with Gasteiger partial charge in [-0.05, 0) is 48.6 Å². The van der Waals surface area contributed by atoms with Crippen LogP contribution in [0, 0.1) is 5.82 Å². The molecule has 0 N–H and O–H groups in total. The standard InChI is InChI=1S/C18H20FNO3S/c19-14-5-7-15(8-6-14)23-13-18(21)20(11-16-3-1-9-22-16)12-17-4-2-10-24-17/h2,4-8,10,16H,1,3,9,11-13H2. The van der Waals surface area contributed by atoms with Crippen LogP contribution in [0.4, 0.5) is 4.39 Å². The largest absolute Gasteiger partial charge is 0.484 e. The predicted octanol–water partition coefficient (Wildman–Crippen LogP) is 3.47. The fraction of sp³-hybridized carbons (Fsp3) is 0.389. The highest BCUT2D eigenvalue weighted by atomic mass is 32.1. The van der Waals surface area contributed by atoms with E-state index in [1.807, 2.05) is 17.5 Å². The first kappa shape index (κ1) is 16.9. The molecule has 1 aromatic carbocycles. The number of hydrogen-bond donors (Lipinski definition) is 0. The lowest BCUT2D eigenvalue weighted by Crippen LogP contribution is -2.39. The number of halogens is 1. The topological polar surface area (TPSA) is 38.8 Å². The summed E-state index contributed by atoms with van der Waals surface area (Å²) in [7, 11) is 0. The highest BCUT2D eigenvalue weighted by Crippen LogP contribution is 2.18. The first-order chi connectivity index (χ1) is 11.7. The van der Waals surface area contributed by atoms with Crippen molar-refractivity contribution in [3.63, 3.8) is 0 Å². The molecule has 1 atom stereocenters. The van der Waals surface area contributed by atoms with Gasteiger partial charge in [0.15, 0.2) is 6.61 Å². The SMILES string of the molecule is O=C(COc1ccc(F)cc1)N(Cc1cccs1)CC1CCCO1. The molecule has 1 aliphatic heterocycles. The van der Waals surface area contributed by atoms with Crippen LogP contribution >= 0.6 is 11.3 Å². The lowest BCUT2D eigenvalue weighted by atomic mass is 10.2. The van der Waals surface area contributed by atoms with Gasteiger partial charge in [0.1, 0.15) is 11.6 Å². The number of amides is 1. The molecular formula is C18H20FNO3S. The number of rotatable bonds is 7. The Kier molecular flexibility index (Phi) is 5.82.